The number of carbonyl (C=O) groups excluding carboxylic acids is 2. The highest BCUT2D eigenvalue weighted by Gasteiger charge is 2.59. The number of nitriles is 1. The Morgan fingerprint density at radius 1 is 1.05 bits per heavy atom. The van der Waals surface area contributed by atoms with Crippen molar-refractivity contribution in [3.63, 3.8) is 0 Å². The molecule has 0 aromatic heterocycles. The molecule has 0 aliphatic heterocycles. The van der Waals surface area contributed by atoms with Crippen LogP contribution in [0.4, 0.5) is 0 Å². The van der Waals surface area contributed by atoms with Crippen LogP contribution >= 0.6 is 0 Å². The lowest BCUT2D eigenvalue weighted by Crippen LogP contribution is -2.69. The molecule has 1 aromatic carbocycles. The lowest BCUT2D eigenvalue weighted by molar-refractivity contribution is -0.150. The van der Waals surface area contributed by atoms with Gasteiger partial charge in [0.05, 0.1) is 35.7 Å². The van der Waals surface area contributed by atoms with Crippen LogP contribution in [0.3, 0.4) is 0 Å². The maximum Gasteiger partial charge on any atom is 0.309 e. The molecule has 0 saturated heterocycles. The molecule has 6 fully saturated rings. The molecule has 1 aromatic rings. The largest absolute Gasteiger partial charge is 0.496 e. The van der Waals surface area contributed by atoms with Crippen molar-refractivity contribution in [1.29, 1.82) is 5.26 Å². The van der Waals surface area contributed by atoms with Crippen LogP contribution in [0, 0.1) is 40.4 Å². The number of nitrogens with zero attached hydrogens (tertiary/aromatic N) is 1. The van der Waals surface area contributed by atoms with E-state index in [0.717, 1.165) is 44.4 Å². The van der Waals surface area contributed by atoms with Gasteiger partial charge in [-0.05, 0) is 95.0 Å². The molecule has 7 rings (SSSR count). The highest BCUT2D eigenvalue weighted by atomic mass is 16.5. The Kier molecular flexibility index (Phi) is 6.28. The molecule has 4 bridgehead atoms. The normalized spacial score (nSPS) is 37.6. The van der Waals surface area contributed by atoms with Gasteiger partial charge in [-0.2, -0.15) is 5.26 Å². The van der Waals surface area contributed by atoms with E-state index in [1.807, 2.05) is 0 Å². The molecule has 0 radical (unpaired) electrons. The highest BCUT2D eigenvalue weighted by molar-refractivity contribution is 5.98. The van der Waals surface area contributed by atoms with E-state index in [4.69, 9.17) is 9.47 Å². The second kappa shape index (κ2) is 9.42. The molecule has 39 heavy (non-hydrogen) atoms. The Morgan fingerprint density at radius 2 is 1.74 bits per heavy atom. The number of carboxylic acid groups (broad SMARTS) is 1. The van der Waals surface area contributed by atoms with Crippen molar-refractivity contribution in [3.05, 3.63) is 23.3 Å². The number of carboxylic acids is 1. The highest BCUT2D eigenvalue weighted by Crippen LogP contribution is 2.57. The van der Waals surface area contributed by atoms with E-state index < -0.39 is 11.4 Å². The minimum absolute atomic E-state index is 0.00174. The first-order valence-corrected chi connectivity index (χ1v) is 14.3. The number of ether oxygens (including phenoxy) is 2. The predicted octanol–water partition coefficient (Wildman–Crippen LogP) is 3.79. The number of nitrogens with one attached hydrogen (secondary N) is 2. The van der Waals surface area contributed by atoms with E-state index in [1.165, 1.54) is 13.2 Å². The van der Waals surface area contributed by atoms with Crippen molar-refractivity contribution >= 4 is 17.8 Å². The van der Waals surface area contributed by atoms with E-state index in [-0.39, 0.29) is 64.1 Å². The molecule has 6 saturated carbocycles. The third-order valence-corrected chi connectivity index (χ3v) is 10.5. The number of aliphatic carboxylic acids is 1. The van der Waals surface area contributed by atoms with Crippen molar-refractivity contribution in [3.8, 4) is 17.6 Å². The molecular weight excluding hydrogens is 498 g/mol. The summed E-state index contributed by atoms with van der Waals surface area (Å²) in [7, 11) is 1.46. The van der Waals surface area contributed by atoms with Crippen LogP contribution in [0.25, 0.3) is 0 Å². The van der Waals surface area contributed by atoms with Gasteiger partial charge in [0, 0.05) is 17.6 Å². The Bertz CT molecular complexity index is 1230. The fraction of sp³-hybridized carbons (Fsp3) is 0.667. The summed E-state index contributed by atoms with van der Waals surface area (Å²) in [5, 5.41) is 25.8. The topological polar surface area (TPSA) is 138 Å². The monoisotopic (exact) mass is 535 g/mol. The minimum Gasteiger partial charge on any atom is -0.496 e. The third-order valence-electron chi connectivity index (χ3n) is 10.5. The van der Waals surface area contributed by atoms with Gasteiger partial charge in [-0.25, -0.2) is 0 Å². The molecule has 4 unspecified atom stereocenters. The maximum absolute atomic E-state index is 13.7. The Labute approximate surface area is 228 Å². The molecule has 0 heterocycles. The molecule has 0 spiro atoms. The zero-order valence-corrected chi connectivity index (χ0v) is 22.6. The summed E-state index contributed by atoms with van der Waals surface area (Å²) in [6.07, 6.45) is 8.03. The second-order valence-electron chi connectivity index (χ2n) is 12.9. The number of hydrogen-bond donors (Lipinski definition) is 3. The van der Waals surface area contributed by atoms with E-state index in [9.17, 15) is 24.8 Å². The first kappa shape index (κ1) is 26.0. The zero-order valence-electron chi connectivity index (χ0n) is 22.6. The SMILES string of the molecule is COc1cc(C#N)c(OC2CCC(C)(C(=O)O)CC2)cc1C(=O)NC1C2CCC(C2)C1C(=O)NC12CC(C1)C2. The van der Waals surface area contributed by atoms with Gasteiger partial charge < -0.3 is 25.2 Å². The van der Waals surface area contributed by atoms with E-state index in [0.29, 0.717) is 31.4 Å². The number of fused-ring (bicyclic) bond motifs is 2. The van der Waals surface area contributed by atoms with Gasteiger partial charge >= 0.3 is 5.97 Å². The van der Waals surface area contributed by atoms with Gasteiger partial charge in [0.15, 0.2) is 0 Å². The lowest BCUT2D eigenvalue weighted by atomic mass is 9.50. The quantitative estimate of drug-likeness (QED) is 0.460. The smallest absolute Gasteiger partial charge is 0.309 e. The van der Waals surface area contributed by atoms with E-state index in [2.05, 4.69) is 16.7 Å². The van der Waals surface area contributed by atoms with Crippen LogP contribution in [0.1, 0.15) is 87.1 Å². The van der Waals surface area contributed by atoms with Gasteiger partial charge in [0.25, 0.3) is 5.91 Å². The van der Waals surface area contributed by atoms with Gasteiger partial charge in [-0.15, -0.1) is 0 Å². The molecule has 6 aliphatic rings. The first-order valence-electron chi connectivity index (χ1n) is 14.3. The average Bonchev–Trinajstić information content (AvgIpc) is 3.48. The molecule has 208 valence electrons. The number of amides is 2. The lowest BCUT2D eigenvalue weighted by Gasteiger charge is -2.62. The molecule has 9 nitrogen and oxygen atoms in total. The van der Waals surface area contributed by atoms with Gasteiger partial charge in [0.1, 0.15) is 17.6 Å². The summed E-state index contributed by atoms with van der Waals surface area (Å²) < 4.78 is 11.7. The summed E-state index contributed by atoms with van der Waals surface area (Å²) in [5.74, 6) is 0.597. The molecule has 6 aliphatic carbocycles. The van der Waals surface area contributed by atoms with Crippen molar-refractivity contribution in [2.24, 2.45) is 29.1 Å². The van der Waals surface area contributed by atoms with Crippen molar-refractivity contribution < 1.29 is 29.0 Å². The predicted molar refractivity (Wildman–Crippen MR) is 140 cm³/mol. The van der Waals surface area contributed by atoms with E-state index >= 15 is 0 Å². The molecular formula is C30H37N3O6. The van der Waals surface area contributed by atoms with Crippen LogP contribution in [-0.2, 0) is 9.59 Å². The number of hydrogen-bond acceptors (Lipinski definition) is 6. The standard InChI is InChI=1S/C30H37N3O6/c1-29(28(36)37)7-5-20(6-8-29)39-22-11-21(23(38-2)10-19(22)15-31)26(34)32-25-18-4-3-17(9-18)24(25)27(35)33-30-12-16(13-30)14-30/h10-11,16-18,20,24-25H,3-9,12-14H2,1-2H3,(H,32,34)(H,33,35)(H,36,37). The number of benzene rings is 1. The maximum atomic E-state index is 13.7. The van der Waals surface area contributed by atoms with Crippen molar-refractivity contribution in [1.82, 2.24) is 10.6 Å². The molecule has 9 heteroatoms. The van der Waals surface area contributed by atoms with Crippen LogP contribution in [0.2, 0.25) is 0 Å². The summed E-state index contributed by atoms with van der Waals surface area (Å²) >= 11 is 0. The van der Waals surface area contributed by atoms with Gasteiger partial charge in [-0.3, -0.25) is 14.4 Å². The number of carbonyl (C=O) groups is 3. The van der Waals surface area contributed by atoms with Gasteiger partial charge in [0.2, 0.25) is 5.91 Å². The molecule has 4 atom stereocenters. The van der Waals surface area contributed by atoms with Crippen LogP contribution in [0.5, 0.6) is 11.5 Å². The third kappa shape index (κ3) is 4.42. The second-order valence-corrected chi connectivity index (χ2v) is 12.9. The van der Waals surface area contributed by atoms with Crippen LogP contribution < -0.4 is 20.1 Å². The summed E-state index contributed by atoms with van der Waals surface area (Å²) in [5.41, 5.74) is -0.253. The van der Waals surface area contributed by atoms with Crippen LogP contribution in [0.15, 0.2) is 12.1 Å². The summed E-state index contributed by atoms with van der Waals surface area (Å²) in [4.78, 5) is 38.7. The fourth-order valence-corrected chi connectivity index (χ4v) is 7.91. The van der Waals surface area contributed by atoms with Crippen molar-refractivity contribution in [2.45, 2.75) is 88.8 Å². The first-order chi connectivity index (χ1) is 18.6. The average molecular weight is 536 g/mol. The van der Waals surface area contributed by atoms with Crippen molar-refractivity contribution in [2.75, 3.05) is 7.11 Å². The molecule has 2 amide bonds. The Morgan fingerprint density at radius 3 is 2.33 bits per heavy atom. The number of methoxy groups -OCH3 is 1. The number of rotatable bonds is 8. The summed E-state index contributed by atoms with van der Waals surface area (Å²) in [6.45, 7) is 1.75. The van der Waals surface area contributed by atoms with Gasteiger partial charge in [-0.1, -0.05) is 0 Å². The zero-order chi connectivity index (χ0) is 27.5. The molecule has 3 N–H and O–H groups in total. The fourth-order valence-electron chi connectivity index (χ4n) is 7.91. The van der Waals surface area contributed by atoms with Crippen LogP contribution in [-0.4, -0.2) is 47.7 Å². The minimum atomic E-state index is -0.807. The Balaban J connectivity index is 1.19. The Hall–Kier alpha value is -3.28. The summed E-state index contributed by atoms with van der Waals surface area (Å²) in [6, 6.07) is 4.97. The van der Waals surface area contributed by atoms with E-state index in [1.54, 1.807) is 13.0 Å².